The van der Waals surface area contributed by atoms with Crippen LogP contribution >= 0.6 is 0 Å². The van der Waals surface area contributed by atoms with E-state index in [1.54, 1.807) is 24.3 Å². The van der Waals surface area contributed by atoms with Crippen LogP contribution in [0.15, 0.2) is 48.5 Å². The molecule has 0 aromatic heterocycles. The van der Waals surface area contributed by atoms with Crippen LogP contribution in [-0.2, 0) is 0 Å². The van der Waals surface area contributed by atoms with Gasteiger partial charge in [0.1, 0.15) is 22.6 Å². The van der Waals surface area contributed by atoms with Crippen LogP contribution in [-0.4, -0.2) is 55.8 Å². The first kappa shape index (κ1) is 20.9. The van der Waals surface area contributed by atoms with Gasteiger partial charge in [0.25, 0.3) is 0 Å². The molecule has 130 valence electrons. The summed E-state index contributed by atoms with van der Waals surface area (Å²) in [5.41, 5.74) is -0.134. The number of para-hydroxylation sites is 2. The van der Waals surface area contributed by atoms with Crippen molar-refractivity contribution in [3.63, 3.8) is 0 Å². The van der Waals surface area contributed by atoms with E-state index in [-0.39, 0.29) is 35.8 Å². The molecule has 0 atom stereocenters. The van der Waals surface area contributed by atoms with E-state index < -0.39 is 11.9 Å². The minimum absolute atomic E-state index is 0.0671. The van der Waals surface area contributed by atoms with Crippen LogP contribution in [0, 0.1) is 0 Å². The number of benzene rings is 2. The number of phenols is 2. The van der Waals surface area contributed by atoms with Crippen LogP contribution in [0.25, 0.3) is 0 Å². The van der Waals surface area contributed by atoms with E-state index in [0.29, 0.717) is 0 Å². The molecule has 8 heteroatoms. The van der Waals surface area contributed by atoms with Crippen molar-refractivity contribution in [1.82, 2.24) is 0 Å². The van der Waals surface area contributed by atoms with Crippen LogP contribution < -0.4 is 0 Å². The molecule has 2 rings (SSSR count). The SMILES string of the molecule is O=C(O)c1ccccc1O.O=C(O)c1ccccc1O.OCCO. The number of aliphatic hydroxyl groups excluding tert-OH is 2. The molecule has 0 unspecified atom stereocenters. The third kappa shape index (κ3) is 7.78. The number of carbonyl (C=O) groups is 2. The van der Waals surface area contributed by atoms with Gasteiger partial charge < -0.3 is 30.6 Å². The lowest BCUT2D eigenvalue weighted by Gasteiger charge is -1.95. The Balaban J connectivity index is 0.000000363. The number of rotatable bonds is 3. The number of carboxylic acids is 2. The zero-order chi connectivity index (χ0) is 18.5. The smallest absolute Gasteiger partial charge is 0.339 e. The summed E-state index contributed by atoms with van der Waals surface area (Å²) in [4.78, 5) is 20.5. The largest absolute Gasteiger partial charge is 0.507 e. The molecule has 2 aromatic rings. The maximum atomic E-state index is 10.3. The molecule has 0 saturated carbocycles. The van der Waals surface area contributed by atoms with E-state index in [1.807, 2.05) is 0 Å². The van der Waals surface area contributed by atoms with E-state index in [9.17, 15) is 9.59 Å². The number of hydrogen-bond acceptors (Lipinski definition) is 6. The van der Waals surface area contributed by atoms with Crippen molar-refractivity contribution < 1.29 is 40.2 Å². The lowest BCUT2D eigenvalue weighted by atomic mass is 10.2. The Morgan fingerprint density at radius 1 is 0.667 bits per heavy atom. The average molecular weight is 338 g/mol. The minimum atomic E-state index is -1.11. The number of carboxylic acid groups (broad SMARTS) is 2. The third-order valence-electron chi connectivity index (χ3n) is 2.37. The van der Waals surface area contributed by atoms with Crippen molar-refractivity contribution in [3.05, 3.63) is 59.7 Å². The highest BCUT2D eigenvalue weighted by Gasteiger charge is 2.06. The summed E-state index contributed by atoms with van der Waals surface area (Å²) >= 11 is 0. The molecule has 8 nitrogen and oxygen atoms in total. The molecule has 0 spiro atoms. The van der Waals surface area contributed by atoms with Gasteiger partial charge in [-0.2, -0.15) is 0 Å². The van der Waals surface area contributed by atoms with Gasteiger partial charge in [-0.25, -0.2) is 9.59 Å². The highest BCUT2D eigenvalue weighted by atomic mass is 16.4. The van der Waals surface area contributed by atoms with Crippen LogP contribution in [0.1, 0.15) is 20.7 Å². The molecule has 0 aliphatic carbocycles. The molecule has 0 bridgehead atoms. The van der Waals surface area contributed by atoms with E-state index in [2.05, 4.69) is 0 Å². The standard InChI is InChI=1S/2C7H6O3.C2H6O2/c2*8-6-4-2-1-3-5(6)7(9)10;3-1-2-4/h2*1-4,8H,(H,9,10);3-4H,1-2H2. The van der Waals surface area contributed by atoms with Crippen molar-refractivity contribution in [3.8, 4) is 11.5 Å². The fourth-order valence-electron chi connectivity index (χ4n) is 1.31. The molecule has 0 aliphatic heterocycles. The molecule has 0 radical (unpaired) electrons. The van der Waals surface area contributed by atoms with Gasteiger partial charge in [0.2, 0.25) is 0 Å². The quantitative estimate of drug-likeness (QED) is 0.487. The number of hydrogen-bond donors (Lipinski definition) is 6. The maximum Gasteiger partial charge on any atom is 0.339 e. The molecule has 2 aromatic carbocycles. The van der Waals surface area contributed by atoms with Gasteiger partial charge in [0.05, 0.1) is 13.2 Å². The molecule has 0 saturated heterocycles. The Morgan fingerprint density at radius 3 is 1.12 bits per heavy atom. The van der Waals surface area contributed by atoms with Gasteiger partial charge in [0, 0.05) is 0 Å². The lowest BCUT2D eigenvalue weighted by molar-refractivity contribution is 0.0682. The average Bonchev–Trinajstić information content (AvgIpc) is 2.56. The van der Waals surface area contributed by atoms with Crippen molar-refractivity contribution >= 4 is 11.9 Å². The summed E-state index contributed by atoms with van der Waals surface area (Å²) in [5, 5.41) is 49.9. The fraction of sp³-hybridized carbons (Fsp3) is 0.125. The lowest BCUT2D eigenvalue weighted by Crippen LogP contribution is -1.95. The van der Waals surface area contributed by atoms with Crippen molar-refractivity contribution in [2.75, 3.05) is 13.2 Å². The highest BCUT2D eigenvalue weighted by molar-refractivity contribution is 5.91. The van der Waals surface area contributed by atoms with Gasteiger partial charge in [-0.1, -0.05) is 24.3 Å². The maximum absolute atomic E-state index is 10.3. The van der Waals surface area contributed by atoms with Gasteiger partial charge in [0.15, 0.2) is 0 Å². The van der Waals surface area contributed by atoms with E-state index >= 15 is 0 Å². The van der Waals surface area contributed by atoms with E-state index in [0.717, 1.165) is 0 Å². The molecular weight excluding hydrogens is 320 g/mol. The molecule has 0 amide bonds. The van der Waals surface area contributed by atoms with Crippen molar-refractivity contribution in [1.29, 1.82) is 0 Å². The molecule has 0 aliphatic rings. The topological polar surface area (TPSA) is 156 Å². The first-order chi connectivity index (χ1) is 11.3. The van der Waals surface area contributed by atoms with E-state index in [4.69, 9.17) is 30.6 Å². The summed E-state index contributed by atoms with van der Waals surface area (Å²) in [6, 6.07) is 11.6. The zero-order valence-corrected chi connectivity index (χ0v) is 12.5. The van der Waals surface area contributed by atoms with E-state index in [1.165, 1.54) is 24.3 Å². The monoisotopic (exact) mass is 338 g/mol. The van der Waals surface area contributed by atoms with Crippen LogP contribution in [0.4, 0.5) is 0 Å². The van der Waals surface area contributed by atoms with Gasteiger partial charge in [-0.3, -0.25) is 0 Å². The second-order valence-electron chi connectivity index (χ2n) is 4.09. The molecule has 6 N–H and O–H groups in total. The highest BCUT2D eigenvalue weighted by Crippen LogP contribution is 2.15. The molecule has 0 heterocycles. The summed E-state index contributed by atoms with van der Waals surface area (Å²) < 4.78 is 0. The first-order valence-corrected chi connectivity index (χ1v) is 6.59. The number of aliphatic hydroxyl groups is 2. The van der Waals surface area contributed by atoms with Gasteiger partial charge in [-0.05, 0) is 24.3 Å². The number of aromatic carboxylic acids is 2. The zero-order valence-electron chi connectivity index (χ0n) is 12.5. The Bertz CT molecular complexity index is 597. The Kier molecular flexibility index (Phi) is 9.98. The van der Waals surface area contributed by atoms with Crippen LogP contribution in [0.5, 0.6) is 11.5 Å². The molecule has 0 fully saturated rings. The predicted octanol–water partition coefficient (Wildman–Crippen LogP) is 1.15. The van der Waals surface area contributed by atoms with Crippen LogP contribution in [0.3, 0.4) is 0 Å². The van der Waals surface area contributed by atoms with Gasteiger partial charge in [-0.15, -0.1) is 0 Å². The summed E-state index contributed by atoms with van der Waals surface area (Å²) in [5.74, 6) is -2.62. The second kappa shape index (κ2) is 11.5. The Morgan fingerprint density at radius 2 is 0.958 bits per heavy atom. The summed E-state index contributed by atoms with van der Waals surface area (Å²) in [6.45, 7) is -0.250. The molecular formula is C16H18O8. The first-order valence-electron chi connectivity index (χ1n) is 6.59. The normalized spacial score (nSPS) is 8.92. The second-order valence-corrected chi connectivity index (χ2v) is 4.09. The summed E-state index contributed by atoms with van der Waals surface area (Å²) in [6.07, 6.45) is 0. The summed E-state index contributed by atoms with van der Waals surface area (Å²) in [7, 11) is 0. The van der Waals surface area contributed by atoms with Crippen molar-refractivity contribution in [2.24, 2.45) is 0 Å². The Labute approximate surface area is 137 Å². The third-order valence-corrected chi connectivity index (χ3v) is 2.37. The predicted molar refractivity (Wildman–Crippen MR) is 84.3 cm³/mol. The Hall–Kier alpha value is -3.10. The number of aromatic hydroxyl groups is 2. The van der Waals surface area contributed by atoms with Crippen LogP contribution in [0.2, 0.25) is 0 Å². The fourth-order valence-corrected chi connectivity index (χ4v) is 1.31. The van der Waals surface area contributed by atoms with Gasteiger partial charge >= 0.3 is 11.9 Å². The van der Waals surface area contributed by atoms with Crippen molar-refractivity contribution in [2.45, 2.75) is 0 Å². The molecule has 24 heavy (non-hydrogen) atoms. The minimum Gasteiger partial charge on any atom is -0.507 e.